The van der Waals surface area contributed by atoms with Gasteiger partial charge in [0, 0.05) is 12.1 Å². The molecule has 1 aromatic rings. The van der Waals surface area contributed by atoms with Crippen LogP contribution in [0.5, 0.6) is 5.75 Å². The number of benzene rings is 1. The predicted molar refractivity (Wildman–Crippen MR) is 84.8 cm³/mol. The molecule has 0 aliphatic rings. The van der Waals surface area contributed by atoms with Crippen LogP contribution in [0, 0.1) is 0 Å². The van der Waals surface area contributed by atoms with Gasteiger partial charge in [-0.05, 0) is 45.4 Å². The van der Waals surface area contributed by atoms with E-state index in [1.165, 1.54) is 7.11 Å². The Balaban J connectivity index is 2.57. The quantitative estimate of drug-likeness (QED) is 0.726. The van der Waals surface area contributed by atoms with Crippen LogP contribution in [0.2, 0.25) is 0 Å². The van der Waals surface area contributed by atoms with Crippen molar-refractivity contribution < 1.29 is 19.1 Å². The molecule has 5 nitrogen and oxygen atoms in total. The smallest absolute Gasteiger partial charge is 0.309 e. The molecule has 0 aromatic heterocycles. The SMILES string of the molecule is COC(=O)Cc1ccc(OCC(=O)N(C(C)C)C(C)C)cc1. The van der Waals surface area contributed by atoms with Crippen LogP contribution in [0.4, 0.5) is 0 Å². The first-order chi connectivity index (χ1) is 10.3. The summed E-state index contributed by atoms with van der Waals surface area (Å²) in [6, 6.07) is 7.36. The molecule has 22 heavy (non-hydrogen) atoms. The summed E-state index contributed by atoms with van der Waals surface area (Å²) in [6.45, 7) is 7.95. The summed E-state index contributed by atoms with van der Waals surface area (Å²) in [7, 11) is 1.36. The molecule has 1 aromatic carbocycles. The fourth-order valence-electron chi connectivity index (χ4n) is 2.33. The van der Waals surface area contributed by atoms with E-state index in [0.29, 0.717) is 5.75 Å². The van der Waals surface area contributed by atoms with Gasteiger partial charge in [0.15, 0.2) is 6.61 Å². The zero-order chi connectivity index (χ0) is 16.7. The lowest BCUT2D eigenvalue weighted by Crippen LogP contribution is -2.44. The molecule has 0 N–H and O–H groups in total. The highest BCUT2D eigenvalue weighted by atomic mass is 16.5. The molecule has 122 valence electrons. The molecule has 0 aliphatic heterocycles. The molecule has 1 rings (SSSR count). The third-order valence-corrected chi connectivity index (χ3v) is 3.26. The van der Waals surface area contributed by atoms with Gasteiger partial charge in [-0.25, -0.2) is 0 Å². The summed E-state index contributed by atoms with van der Waals surface area (Å²) >= 11 is 0. The van der Waals surface area contributed by atoms with E-state index in [1.54, 1.807) is 29.2 Å². The number of nitrogens with zero attached hydrogens (tertiary/aromatic N) is 1. The van der Waals surface area contributed by atoms with Crippen LogP contribution in [0.1, 0.15) is 33.3 Å². The third-order valence-electron chi connectivity index (χ3n) is 3.26. The van der Waals surface area contributed by atoms with Gasteiger partial charge in [-0.1, -0.05) is 12.1 Å². The van der Waals surface area contributed by atoms with Crippen LogP contribution < -0.4 is 4.74 Å². The van der Waals surface area contributed by atoms with Crippen LogP contribution in [0.15, 0.2) is 24.3 Å². The summed E-state index contributed by atoms with van der Waals surface area (Å²) < 4.78 is 10.1. The Labute approximate surface area is 132 Å². The fraction of sp³-hybridized carbons (Fsp3) is 0.529. The van der Waals surface area contributed by atoms with E-state index in [1.807, 2.05) is 27.7 Å². The molecule has 0 heterocycles. The van der Waals surface area contributed by atoms with Crippen LogP contribution in [-0.4, -0.2) is 42.6 Å². The highest BCUT2D eigenvalue weighted by Gasteiger charge is 2.20. The summed E-state index contributed by atoms with van der Waals surface area (Å²) in [5.41, 5.74) is 0.844. The molecule has 0 unspecified atom stereocenters. The number of carbonyl (C=O) groups excluding carboxylic acids is 2. The zero-order valence-corrected chi connectivity index (χ0v) is 14.0. The molecule has 0 aliphatic carbocycles. The molecule has 0 spiro atoms. The van der Waals surface area contributed by atoms with Gasteiger partial charge in [-0.3, -0.25) is 9.59 Å². The van der Waals surface area contributed by atoms with Crippen molar-refractivity contribution in [3.63, 3.8) is 0 Å². The van der Waals surface area contributed by atoms with Crippen LogP contribution in [0.25, 0.3) is 0 Å². The minimum atomic E-state index is -0.284. The van der Waals surface area contributed by atoms with Gasteiger partial charge >= 0.3 is 5.97 Å². The molecular weight excluding hydrogens is 282 g/mol. The van der Waals surface area contributed by atoms with E-state index in [-0.39, 0.29) is 37.0 Å². The highest BCUT2D eigenvalue weighted by Crippen LogP contribution is 2.14. The van der Waals surface area contributed by atoms with Crippen molar-refractivity contribution in [2.75, 3.05) is 13.7 Å². The molecule has 0 fully saturated rings. The van der Waals surface area contributed by atoms with Crippen molar-refractivity contribution in [1.29, 1.82) is 0 Å². The summed E-state index contributed by atoms with van der Waals surface area (Å²) in [5, 5.41) is 0. The number of hydrogen-bond donors (Lipinski definition) is 0. The van der Waals surface area contributed by atoms with E-state index < -0.39 is 0 Å². The predicted octanol–water partition coefficient (Wildman–Crippen LogP) is 2.43. The minimum Gasteiger partial charge on any atom is -0.484 e. The number of rotatable bonds is 7. The van der Waals surface area contributed by atoms with Gasteiger partial charge in [0.2, 0.25) is 0 Å². The maximum absolute atomic E-state index is 12.2. The molecule has 0 atom stereocenters. The van der Waals surface area contributed by atoms with Crippen molar-refractivity contribution in [2.45, 2.75) is 46.2 Å². The monoisotopic (exact) mass is 307 g/mol. The topological polar surface area (TPSA) is 55.8 Å². The maximum Gasteiger partial charge on any atom is 0.309 e. The number of hydrogen-bond acceptors (Lipinski definition) is 4. The normalized spacial score (nSPS) is 10.7. The average Bonchev–Trinajstić information content (AvgIpc) is 2.45. The van der Waals surface area contributed by atoms with E-state index in [2.05, 4.69) is 4.74 Å². The second kappa shape index (κ2) is 8.41. The second-order valence-electron chi connectivity index (χ2n) is 5.67. The van der Waals surface area contributed by atoms with Gasteiger partial charge < -0.3 is 14.4 Å². The van der Waals surface area contributed by atoms with Crippen molar-refractivity contribution >= 4 is 11.9 Å². The lowest BCUT2D eigenvalue weighted by atomic mass is 10.1. The summed E-state index contributed by atoms with van der Waals surface area (Å²) in [5.74, 6) is 0.284. The standard InChI is InChI=1S/C17H25NO4/c1-12(2)18(13(3)4)16(19)11-22-15-8-6-14(7-9-15)10-17(20)21-5/h6-9,12-13H,10-11H2,1-5H3. The maximum atomic E-state index is 12.2. The Hall–Kier alpha value is -2.04. The Bertz CT molecular complexity index is 486. The van der Waals surface area contributed by atoms with Crippen LogP contribution in [-0.2, 0) is 20.7 Å². The largest absolute Gasteiger partial charge is 0.484 e. The van der Waals surface area contributed by atoms with Gasteiger partial charge in [-0.2, -0.15) is 0 Å². The number of ether oxygens (including phenoxy) is 2. The first kappa shape index (κ1) is 18.0. The Morgan fingerprint density at radius 1 is 1.05 bits per heavy atom. The fourth-order valence-corrected chi connectivity index (χ4v) is 2.33. The molecule has 1 amide bonds. The summed E-state index contributed by atoms with van der Waals surface area (Å²) in [4.78, 5) is 25.2. The van der Waals surface area contributed by atoms with E-state index in [4.69, 9.17) is 4.74 Å². The number of methoxy groups -OCH3 is 1. The first-order valence-corrected chi connectivity index (χ1v) is 7.44. The van der Waals surface area contributed by atoms with Gasteiger partial charge in [-0.15, -0.1) is 0 Å². The Morgan fingerprint density at radius 3 is 2.05 bits per heavy atom. The molecule has 5 heteroatoms. The van der Waals surface area contributed by atoms with Gasteiger partial charge in [0.05, 0.1) is 13.5 Å². The number of carbonyl (C=O) groups is 2. The van der Waals surface area contributed by atoms with E-state index in [0.717, 1.165) is 5.56 Å². The molecule has 0 saturated carbocycles. The Morgan fingerprint density at radius 2 is 1.59 bits per heavy atom. The number of amides is 1. The van der Waals surface area contributed by atoms with E-state index >= 15 is 0 Å². The second-order valence-corrected chi connectivity index (χ2v) is 5.67. The van der Waals surface area contributed by atoms with Crippen molar-refractivity contribution in [3.8, 4) is 5.75 Å². The Kier molecular flexibility index (Phi) is 6.89. The van der Waals surface area contributed by atoms with Gasteiger partial charge in [0.25, 0.3) is 5.91 Å². The molecule has 0 bridgehead atoms. The minimum absolute atomic E-state index is 0.00666. The van der Waals surface area contributed by atoms with Gasteiger partial charge in [0.1, 0.15) is 5.75 Å². The number of esters is 1. The molecule has 0 saturated heterocycles. The highest BCUT2D eigenvalue weighted by molar-refractivity contribution is 5.78. The summed E-state index contributed by atoms with van der Waals surface area (Å²) in [6.07, 6.45) is 0.226. The zero-order valence-electron chi connectivity index (χ0n) is 14.0. The molecular formula is C17H25NO4. The average molecular weight is 307 g/mol. The van der Waals surface area contributed by atoms with Crippen molar-refractivity contribution in [2.24, 2.45) is 0 Å². The first-order valence-electron chi connectivity index (χ1n) is 7.44. The van der Waals surface area contributed by atoms with Crippen molar-refractivity contribution in [1.82, 2.24) is 4.90 Å². The molecule has 0 radical (unpaired) electrons. The third kappa shape index (κ3) is 5.39. The van der Waals surface area contributed by atoms with E-state index in [9.17, 15) is 9.59 Å². The lowest BCUT2D eigenvalue weighted by Gasteiger charge is -2.30. The van der Waals surface area contributed by atoms with Crippen molar-refractivity contribution in [3.05, 3.63) is 29.8 Å². The van der Waals surface area contributed by atoms with Crippen LogP contribution >= 0.6 is 0 Å². The van der Waals surface area contributed by atoms with Crippen LogP contribution in [0.3, 0.4) is 0 Å². The lowest BCUT2D eigenvalue weighted by molar-refractivity contribution is -0.140.